The average molecular weight is 434 g/mol. The number of rotatable bonds is 9. The van der Waals surface area contributed by atoms with Crippen LogP contribution in [0.4, 0.5) is 11.4 Å². The molecule has 0 spiro atoms. The number of aromatic nitrogens is 2. The van der Waals surface area contributed by atoms with Gasteiger partial charge in [-0.2, -0.15) is 0 Å². The number of hydrogen-bond donors (Lipinski definition) is 2. The molecule has 0 radical (unpaired) electrons. The SMILES string of the molecule is C=NC(=O)Cc1cc(N)c(-n2c(C)ccc(NS(=O)(=O)CCCCC)c2=O)nc1C. The molecule has 3 N–H and O–H groups in total. The number of nitrogens with one attached hydrogen (secondary N) is 1. The molecule has 0 unspecified atom stereocenters. The second-order valence-corrected chi connectivity index (χ2v) is 8.87. The highest BCUT2D eigenvalue weighted by Crippen LogP contribution is 2.21. The first-order valence-electron chi connectivity index (χ1n) is 9.58. The molecule has 1 amide bonds. The Hall–Kier alpha value is -3.01. The van der Waals surface area contributed by atoms with Crippen molar-refractivity contribution < 1.29 is 13.2 Å². The Kier molecular flexibility index (Phi) is 7.49. The zero-order valence-corrected chi connectivity index (χ0v) is 18.3. The number of aliphatic imine (C=N–C) groups is 1. The lowest BCUT2D eigenvalue weighted by Gasteiger charge is -2.16. The molecule has 2 aromatic heterocycles. The normalized spacial score (nSPS) is 11.3. The number of nitrogens with two attached hydrogens (primary N) is 1. The highest BCUT2D eigenvalue weighted by Gasteiger charge is 2.18. The molecule has 2 rings (SSSR count). The van der Waals surface area contributed by atoms with Crippen molar-refractivity contribution in [3.8, 4) is 5.82 Å². The van der Waals surface area contributed by atoms with Crippen LogP contribution in [0, 0.1) is 13.8 Å². The molecule has 30 heavy (non-hydrogen) atoms. The summed E-state index contributed by atoms with van der Waals surface area (Å²) in [7, 11) is -3.65. The summed E-state index contributed by atoms with van der Waals surface area (Å²) in [6, 6.07) is 4.60. The van der Waals surface area contributed by atoms with Crippen molar-refractivity contribution in [2.45, 2.75) is 46.5 Å². The van der Waals surface area contributed by atoms with Crippen LogP contribution in [0.1, 0.15) is 43.1 Å². The number of hydrogen-bond acceptors (Lipinski definition) is 6. The molecule has 2 aromatic rings. The maximum Gasteiger partial charge on any atom is 0.280 e. The van der Waals surface area contributed by atoms with Gasteiger partial charge in [-0.25, -0.2) is 18.4 Å². The molecular formula is C20H27N5O4S. The van der Waals surface area contributed by atoms with E-state index in [-0.39, 0.29) is 29.4 Å². The van der Waals surface area contributed by atoms with Gasteiger partial charge in [0.25, 0.3) is 5.56 Å². The second kappa shape index (κ2) is 9.66. The monoisotopic (exact) mass is 433 g/mol. The summed E-state index contributed by atoms with van der Waals surface area (Å²) in [6.07, 6.45) is 2.19. The molecule has 9 nitrogen and oxygen atoms in total. The molecule has 0 saturated carbocycles. The van der Waals surface area contributed by atoms with Crippen LogP contribution in [0.2, 0.25) is 0 Å². The number of unbranched alkanes of at least 4 members (excludes halogenated alkanes) is 2. The Labute approximate surface area is 176 Å². The van der Waals surface area contributed by atoms with Crippen molar-refractivity contribution >= 4 is 34.0 Å². The Balaban J connectivity index is 2.47. The topological polar surface area (TPSA) is 137 Å². The zero-order chi connectivity index (χ0) is 22.5. The average Bonchev–Trinajstić information content (AvgIpc) is 2.67. The van der Waals surface area contributed by atoms with Crippen LogP contribution in [0.5, 0.6) is 0 Å². The molecular weight excluding hydrogens is 406 g/mol. The maximum atomic E-state index is 13.0. The van der Waals surface area contributed by atoms with E-state index in [1.165, 1.54) is 10.6 Å². The summed E-state index contributed by atoms with van der Waals surface area (Å²) in [6.45, 7) is 8.57. The van der Waals surface area contributed by atoms with E-state index in [0.717, 1.165) is 12.8 Å². The third-order valence-corrected chi connectivity index (χ3v) is 5.97. The number of carbonyl (C=O) groups is 1. The largest absolute Gasteiger partial charge is 0.396 e. The highest BCUT2D eigenvalue weighted by molar-refractivity contribution is 7.92. The summed E-state index contributed by atoms with van der Waals surface area (Å²) in [4.78, 5) is 32.3. The van der Waals surface area contributed by atoms with E-state index in [1.807, 2.05) is 6.92 Å². The zero-order valence-electron chi connectivity index (χ0n) is 17.4. The van der Waals surface area contributed by atoms with E-state index < -0.39 is 21.5 Å². The van der Waals surface area contributed by atoms with Crippen molar-refractivity contribution in [1.82, 2.24) is 9.55 Å². The number of amides is 1. The molecule has 0 saturated heterocycles. The van der Waals surface area contributed by atoms with Crippen LogP contribution in [0.25, 0.3) is 5.82 Å². The van der Waals surface area contributed by atoms with Gasteiger partial charge >= 0.3 is 0 Å². The third kappa shape index (κ3) is 5.53. The van der Waals surface area contributed by atoms with Gasteiger partial charge in [0.1, 0.15) is 5.69 Å². The smallest absolute Gasteiger partial charge is 0.280 e. The number of carbonyl (C=O) groups excluding carboxylic acids is 1. The fraction of sp³-hybridized carbons (Fsp3) is 0.400. The van der Waals surface area contributed by atoms with Gasteiger partial charge in [-0.05, 0) is 50.7 Å². The first-order chi connectivity index (χ1) is 14.1. The summed E-state index contributed by atoms with van der Waals surface area (Å²) in [5.41, 5.74) is 7.26. The van der Waals surface area contributed by atoms with Gasteiger partial charge in [-0.1, -0.05) is 19.8 Å². The van der Waals surface area contributed by atoms with E-state index in [1.54, 1.807) is 26.0 Å². The number of aryl methyl sites for hydroxylation is 2. The lowest BCUT2D eigenvalue weighted by Crippen LogP contribution is -2.28. The van der Waals surface area contributed by atoms with Gasteiger partial charge in [0.15, 0.2) is 5.82 Å². The molecule has 0 bridgehead atoms. The van der Waals surface area contributed by atoms with Gasteiger partial charge in [0.05, 0.1) is 17.9 Å². The molecule has 0 aliphatic carbocycles. The van der Waals surface area contributed by atoms with E-state index in [4.69, 9.17) is 5.73 Å². The number of sulfonamides is 1. The lowest BCUT2D eigenvalue weighted by molar-refractivity contribution is -0.117. The molecule has 0 aliphatic rings. The number of nitrogens with zero attached hydrogens (tertiary/aromatic N) is 3. The first-order valence-corrected chi connectivity index (χ1v) is 11.2. The summed E-state index contributed by atoms with van der Waals surface area (Å²) in [5.74, 6) is -0.307. The van der Waals surface area contributed by atoms with Crippen LogP contribution in [0.3, 0.4) is 0 Å². The highest BCUT2D eigenvalue weighted by atomic mass is 32.2. The standard InChI is InChI=1S/C20H27N5O4S/c1-5-6-7-10-30(28,29)24-17-9-8-13(2)25(20(17)27)19-16(21)11-15(14(3)23-19)12-18(26)22-4/h8-9,11,24H,4-7,10,12,21H2,1-3H3. The Morgan fingerprint density at radius 1 is 1.30 bits per heavy atom. The number of nitrogen functional groups attached to an aromatic ring is 1. The summed E-state index contributed by atoms with van der Waals surface area (Å²) >= 11 is 0. The maximum absolute atomic E-state index is 13.0. The summed E-state index contributed by atoms with van der Waals surface area (Å²) < 4.78 is 28.2. The van der Waals surface area contributed by atoms with E-state index in [0.29, 0.717) is 23.4 Å². The van der Waals surface area contributed by atoms with E-state index >= 15 is 0 Å². The Bertz CT molecular complexity index is 1120. The van der Waals surface area contributed by atoms with E-state index in [9.17, 15) is 18.0 Å². The molecule has 0 atom stereocenters. The molecule has 162 valence electrons. The summed E-state index contributed by atoms with van der Waals surface area (Å²) in [5, 5.41) is 0. The van der Waals surface area contributed by atoms with Crippen molar-refractivity contribution in [3.05, 3.63) is 45.5 Å². The Morgan fingerprint density at radius 3 is 2.63 bits per heavy atom. The first kappa shape index (κ1) is 23.3. The number of anilines is 2. The van der Waals surface area contributed by atoms with Crippen molar-refractivity contribution in [3.63, 3.8) is 0 Å². The van der Waals surface area contributed by atoms with Crippen LogP contribution >= 0.6 is 0 Å². The van der Waals surface area contributed by atoms with Crippen LogP contribution in [-0.4, -0.2) is 36.3 Å². The minimum Gasteiger partial charge on any atom is -0.396 e. The van der Waals surface area contributed by atoms with Gasteiger partial charge in [0, 0.05) is 11.4 Å². The van der Waals surface area contributed by atoms with Crippen LogP contribution in [-0.2, 0) is 21.2 Å². The molecule has 2 heterocycles. The van der Waals surface area contributed by atoms with Crippen LogP contribution in [0.15, 0.2) is 28.0 Å². The predicted molar refractivity (Wildman–Crippen MR) is 119 cm³/mol. The van der Waals surface area contributed by atoms with Crippen molar-refractivity contribution in [2.24, 2.45) is 4.99 Å². The van der Waals surface area contributed by atoms with Gasteiger partial charge in [-0.3, -0.25) is 18.9 Å². The molecule has 0 aromatic carbocycles. The fourth-order valence-corrected chi connectivity index (χ4v) is 4.14. The third-order valence-electron chi connectivity index (χ3n) is 4.62. The van der Waals surface area contributed by atoms with Crippen LogP contribution < -0.4 is 16.0 Å². The quantitative estimate of drug-likeness (QED) is 0.459. The fourth-order valence-electron chi connectivity index (χ4n) is 2.96. The minimum atomic E-state index is -3.65. The van der Waals surface area contributed by atoms with Gasteiger partial charge < -0.3 is 5.73 Å². The number of pyridine rings is 2. The molecule has 0 aliphatic heterocycles. The molecule has 10 heteroatoms. The van der Waals surface area contributed by atoms with Gasteiger partial charge in [-0.15, -0.1) is 0 Å². The lowest BCUT2D eigenvalue weighted by atomic mass is 10.1. The van der Waals surface area contributed by atoms with Gasteiger partial charge in [0.2, 0.25) is 15.9 Å². The van der Waals surface area contributed by atoms with E-state index in [2.05, 4.69) is 21.4 Å². The predicted octanol–water partition coefficient (Wildman–Crippen LogP) is 2.13. The van der Waals surface area contributed by atoms with Crippen molar-refractivity contribution in [1.29, 1.82) is 0 Å². The van der Waals surface area contributed by atoms with Crippen molar-refractivity contribution in [2.75, 3.05) is 16.2 Å². The Morgan fingerprint density at radius 2 is 2.00 bits per heavy atom. The second-order valence-electron chi connectivity index (χ2n) is 7.03. The molecule has 0 fully saturated rings. The minimum absolute atomic E-state index is 0.00169.